The van der Waals surface area contributed by atoms with Gasteiger partial charge >= 0.3 is 0 Å². The second kappa shape index (κ2) is 8.15. The number of piperidine rings is 1. The molecule has 6 nitrogen and oxygen atoms in total. The molecule has 1 saturated heterocycles. The molecule has 0 bridgehead atoms. The van der Waals surface area contributed by atoms with E-state index >= 15 is 0 Å². The molecule has 1 N–H and O–H groups in total. The number of nitrogens with one attached hydrogen (secondary N) is 1. The third-order valence-corrected chi connectivity index (χ3v) is 6.21. The topological polar surface area (TPSA) is 67.2 Å². The Morgan fingerprint density at radius 1 is 1.19 bits per heavy atom. The van der Waals surface area contributed by atoms with Gasteiger partial charge in [-0.3, -0.25) is 4.90 Å². The molecule has 7 heteroatoms. The van der Waals surface area contributed by atoms with Gasteiger partial charge in [0.15, 0.2) is 0 Å². The molecule has 2 aromatic heterocycles. The number of halogens is 1. The average molecular weight is 420 g/mol. The van der Waals surface area contributed by atoms with Crippen molar-refractivity contribution in [1.29, 1.82) is 0 Å². The van der Waals surface area contributed by atoms with Gasteiger partial charge in [-0.2, -0.15) is 4.98 Å². The van der Waals surface area contributed by atoms with Gasteiger partial charge in [0.05, 0.1) is 13.7 Å². The van der Waals surface area contributed by atoms with Crippen molar-refractivity contribution in [3.63, 3.8) is 0 Å². The Hall–Kier alpha value is -3.19. The number of aromatic amines is 1. The average Bonchev–Trinajstić information content (AvgIpc) is 3.43. The summed E-state index contributed by atoms with van der Waals surface area (Å²) in [5, 5.41) is 5.27. The van der Waals surface area contributed by atoms with E-state index in [0.717, 1.165) is 37.2 Å². The van der Waals surface area contributed by atoms with E-state index in [2.05, 4.69) is 38.4 Å². The van der Waals surface area contributed by atoms with Crippen LogP contribution in [0.4, 0.5) is 4.39 Å². The van der Waals surface area contributed by atoms with Crippen molar-refractivity contribution in [2.24, 2.45) is 0 Å². The number of aromatic nitrogens is 3. The van der Waals surface area contributed by atoms with Crippen LogP contribution in [0.3, 0.4) is 0 Å². The molecule has 0 atom stereocenters. The molecule has 160 valence electrons. The molecule has 5 rings (SSSR count). The number of hydrogen-bond donors (Lipinski definition) is 1. The van der Waals surface area contributed by atoms with Gasteiger partial charge < -0.3 is 14.2 Å². The first-order chi connectivity index (χ1) is 15.1. The maximum Gasteiger partial charge on any atom is 0.241 e. The molecule has 1 aliphatic rings. The van der Waals surface area contributed by atoms with Crippen LogP contribution in [-0.2, 0) is 6.54 Å². The fourth-order valence-corrected chi connectivity index (χ4v) is 4.35. The quantitative estimate of drug-likeness (QED) is 0.489. The van der Waals surface area contributed by atoms with Gasteiger partial charge in [0.1, 0.15) is 11.6 Å². The van der Waals surface area contributed by atoms with Crippen molar-refractivity contribution < 1.29 is 13.7 Å². The number of aryl methyl sites for hydroxylation is 1. The number of nitrogens with zero attached hydrogens (tertiary/aromatic N) is 3. The molecule has 3 heterocycles. The second-order valence-electron chi connectivity index (χ2n) is 8.18. The maximum atomic E-state index is 13.8. The zero-order valence-electron chi connectivity index (χ0n) is 17.7. The lowest BCUT2D eigenvalue weighted by atomic mass is 9.89. The van der Waals surface area contributed by atoms with Crippen molar-refractivity contribution in [2.75, 3.05) is 20.2 Å². The summed E-state index contributed by atoms with van der Waals surface area (Å²) in [6, 6.07) is 11.2. The molecule has 0 amide bonds. The summed E-state index contributed by atoms with van der Waals surface area (Å²) in [6.45, 7) is 4.25. The van der Waals surface area contributed by atoms with E-state index in [1.165, 1.54) is 17.0 Å². The highest BCUT2D eigenvalue weighted by Gasteiger charge is 2.24. The highest BCUT2D eigenvalue weighted by molar-refractivity contribution is 5.85. The zero-order chi connectivity index (χ0) is 21.4. The van der Waals surface area contributed by atoms with Crippen molar-refractivity contribution in [1.82, 2.24) is 20.0 Å². The van der Waals surface area contributed by atoms with Gasteiger partial charge in [-0.1, -0.05) is 17.3 Å². The first kappa shape index (κ1) is 19.8. The zero-order valence-corrected chi connectivity index (χ0v) is 17.7. The minimum atomic E-state index is -0.263. The minimum absolute atomic E-state index is 0.263. The minimum Gasteiger partial charge on any atom is -0.497 e. The van der Waals surface area contributed by atoms with Crippen LogP contribution >= 0.6 is 0 Å². The largest absolute Gasteiger partial charge is 0.497 e. The van der Waals surface area contributed by atoms with Gasteiger partial charge in [0.25, 0.3) is 0 Å². The molecular formula is C24H25FN4O2. The molecule has 0 unspecified atom stereocenters. The van der Waals surface area contributed by atoms with Crippen LogP contribution in [0.2, 0.25) is 0 Å². The Morgan fingerprint density at radius 3 is 2.81 bits per heavy atom. The van der Waals surface area contributed by atoms with Crippen LogP contribution in [0.1, 0.15) is 35.8 Å². The summed E-state index contributed by atoms with van der Waals surface area (Å²) in [7, 11) is 1.70. The second-order valence-corrected chi connectivity index (χ2v) is 8.18. The molecule has 0 radical (unpaired) electrons. The fourth-order valence-electron chi connectivity index (χ4n) is 4.35. The van der Waals surface area contributed by atoms with Crippen molar-refractivity contribution >= 4 is 10.9 Å². The molecule has 4 aromatic rings. The van der Waals surface area contributed by atoms with E-state index in [4.69, 9.17) is 9.26 Å². The Bertz CT molecular complexity index is 1210. The summed E-state index contributed by atoms with van der Waals surface area (Å²) in [5.74, 6) is 2.11. The molecule has 1 fully saturated rings. The van der Waals surface area contributed by atoms with E-state index in [1.54, 1.807) is 20.1 Å². The van der Waals surface area contributed by atoms with E-state index in [0.29, 0.717) is 35.3 Å². The summed E-state index contributed by atoms with van der Waals surface area (Å²) >= 11 is 0. The Morgan fingerprint density at radius 2 is 2.03 bits per heavy atom. The van der Waals surface area contributed by atoms with Crippen LogP contribution in [0, 0.1) is 12.7 Å². The van der Waals surface area contributed by atoms with Gasteiger partial charge in [-0.15, -0.1) is 0 Å². The van der Waals surface area contributed by atoms with Crippen LogP contribution in [0.25, 0.3) is 22.3 Å². The van der Waals surface area contributed by atoms with Crippen LogP contribution in [0.15, 0.2) is 47.1 Å². The van der Waals surface area contributed by atoms with Crippen LogP contribution in [-0.4, -0.2) is 40.2 Å². The number of methoxy groups -OCH3 is 1. The highest BCUT2D eigenvalue weighted by Crippen LogP contribution is 2.35. The Kier molecular flexibility index (Phi) is 5.19. The lowest BCUT2D eigenvalue weighted by Gasteiger charge is -2.30. The molecule has 2 aromatic carbocycles. The predicted octanol–water partition coefficient (Wildman–Crippen LogP) is 5.05. The van der Waals surface area contributed by atoms with Crippen molar-refractivity contribution in [3.8, 4) is 17.1 Å². The first-order valence-electron chi connectivity index (χ1n) is 10.6. The first-order valence-corrected chi connectivity index (χ1v) is 10.6. The lowest BCUT2D eigenvalue weighted by Crippen LogP contribution is -2.32. The van der Waals surface area contributed by atoms with Gasteiger partial charge in [-0.05, 0) is 74.2 Å². The maximum absolute atomic E-state index is 13.8. The van der Waals surface area contributed by atoms with Crippen LogP contribution < -0.4 is 4.74 Å². The normalized spacial score (nSPS) is 15.6. The van der Waals surface area contributed by atoms with E-state index < -0.39 is 0 Å². The predicted molar refractivity (Wildman–Crippen MR) is 117 cm³/mol. The van der Waals surface area contributed by atoms with E-state index in [1.807, 2.05) is 12.1 Å². The lowest BCUT2D eigenvalue weighted by molar-refractivity contribution is 0.181. The third kappa shape index (κ3) is 3.93. The molecule has 0 spiro atoms. The third-order valence-electron chi connectivity index (χ3n) is 6.21. The van der Waals surface area contributed by atoms with E-state index in [-0.39, 0.29) is 5.82 Å². The molecule has 1 aliphatic heterocycles. The van der Waals surface area contributed by atoms with Gasteiger partial charge in [-0.25, -0.2) is 4.39 Å². The number of hydrogen-bond acceptors (Lipinski definition) is 5. The summed E-state index contributed by atoms with van der Waals surface area (Å²) in [4.78, 5) is 10.2. The number of benzene rings is 2. The highest BCUT2D eigenvalue weighted by atomic mass is 19.1. The van der Waals surface area contributed by atoms with Crippen molar-refractivity contribution in [3.05, 3.63) is 65.4 Å². The SMILES string of the molecule is COc1ccc2[nH]cc(C3CCN(Cc4nc(-c5ccc(C)c(F)c5)no4)CC3)c2c1. The number of rotatable bonds is 5. The fraction of sp³-hybridized carbons (Fsp3) is 0.333. The van der Waals surface area contributed by atoms with Gasteiger partial charge in [0.2, 0.25) is 11.7 Å². The molecule has 0 saturated carbocycles. The number of fused-ring (bicyclic) bond motifs is 1. The monoisotopic (exact) mass is 420 g/mol. The van der Waals surface area contributed by atoms with E-state index in [9.17, 15) is 4.39 Å². The number of H-pyrrole nitrogens is 1. The molecule has 31 heavy (non-hydrogen) atoms. The number of ether oxygens (including phenoxy) is 1. The molecule has 0 aliphatic carbocycles. The summed E-state index contributed by atoms with van der Waals surface area (Å²) in [5.41, 5.74) is 3.73. The van der Waals surface area contributed by atoms with Crippen LogP contribution in [0.5, 0.6) is 5.75 Å². The Balaban J connectivity index is 1.24. The number of likely N-dealkylation sites (tertiary alicyclic amines) is 1. The van der Waals surface area contributed by atoms with Crippen molar-refractivity contribution in [2.45, 2.75) is 32.2 Å². The van der Waals surface area contributed by atoms with Gasteiger partial charge in [0, 0.05) is 22.7 Å². The summed E-state index contributed by atoms with van der Waals surface area (Å²) in [6.07, 6.45) is 4.26. The Labute approximate surface area is 180 Å². The smallest absolute Gasteiger partial charge is 0.241 e. The standard InChI is InChI=1S/C24H25FN4O2/c1-15-3-4-17(11-21(15)25)24-27-23(31-28-24)14-29-9-7-16(8-10-29)20-13-26-22-6-5-18(30-2)12-19(20)22/h3-6,11-13,16,26H,7-10,14H2,1-2H3. The summed E-state index contributed by atoms with van der Waals surface area (Å²) < 4.78 is 24.7. The molecular weight excluding hydrogens is 395 g/mol.